The summed E-state index contributed by atoms with van der Waals surface area (Å²) >= 11 is 0. The first-order valence-electron chi connectivity index (χ1n) is 23.3. The smallest absolute Gasteiger partial charge is 0.509 e. The summed E-state index contributed by atoms with van der Waals surface area (Å²) in [5.74, 6) is 1.82. The number of pyridine rings is 1. The van der Waals surface area contributed by atoms with Crippen molar-refractivity contribution in [3.8, 4) is 56.8 Å². The number of fused-ring (bicyclic) bond motifs is 4. The SMILES string of the molecule is CC(C)(C)c1cccc(-c2cccc3c2[N+](c2c(-c4ccccc4)cccc2-c2ccccc2)=C=[N+]3c2[c-]c(Oc3[c-]c4c(cc3)c3cc(C#N)ccc3n4-c3cc(C(C)(C)C)ccn3)ccc2)c1.[Pt+2]. The Morgan fingerprint density at radius 2 is 1.17 bits per heavy atom. The molecule has 0 bridgehead atoms. The predicted octanol–water partition coefficient (Wildman–Crippen LogP) is 15.9. The number of ether oxygens (including phenoxy) is 1. The molecule has 0 saturated carbocycles. The standard InChI is InChI=1S/C63H49N5O.Pt/c1-62(2,3)46-22-13-21-45(36-46)53-27-16-28-57-61(53)67(60-51(43-17-9-7-10-18-43)25-15-26-52(60)44-19-11-8-12-20-44)41-66(57)48-23-14-24-49(38-48)69-50-30-31-54-55-35-42(40-64)29-32-56(55)68(58(54)39-50)59-37-47(33-34-65-59)63(4,5)6;/h7-37H,1-6H3;/q;+2. The van der Waals surface area contributed by atoms with E-state index in [-0.39, 0.29) is 31.9 Å². The number of rotatable bonds is 8. The van der Waals surface area contributed by atoms with Gasteiger partial charge in [0.2, 0.25) is 5.69 Å². The summed E-state index contributed by atoms with van der Waals surface area (Å²) in [6.07, 6.45) is 1.86. The fourth-order valence-electron chi connectivity index (χ4n) is 9.41. The fraction of sp³-hybridized carbons (Fsp3) is 0.127. The average Bonchev–Trinajstić information content (AvgIpc) is 3.92. The number of hydrogen-bond acceptors (Lipinski definition) is 3. The van der Waals surface area contributed by atoms with Crippen LogP contribution in [0.4, 0.5) is 22.7 Å². The third-order valence-corrected chi connectivity index (χ3v) is 13.0. The van der Waals surface area contributed by atoms with Crippen LogP contribution >= 0.6 is 0 Å². The molecule has 1 aliphatic rings. The molecule has 0 spiro atoms. The van der Waals surface area contributed by atoms with Crippen LogP contribution in [0.15, 0.2) is 188 Å². The Kier molecular flexibility index (Phi) is 11.9. The van der Waals surface area contributed by atoms with Crippen LogP contribution < -0.4 is 13.9 Å². The molecular formula is C63H49N5OPt+2. The summed E-state index contributed by atoms with van der Waals surface area (Å²) < 4.78 is 13.2. The van der Waals surface area contributed by atoms with Crippen LogP contribution in [0.1, 0.15) is 58.2 Å². The normalized spacial score (nSPS) is 12.2. The second-order valence-corrected chi connectivity index (χ2v) is 19.6. The van der Waals surface area contributed by atoms with Gasteiger partial charge in [0.15, 0.2) is 0 Å². The van der Waals surface area contributed by atoms with Gasteiger partial charge in [-0.05, 0) is 97.1 Å². The van der Waals surface area contributed by atoms with Crippen molar-refractivity contribution in [3.63, 3.8) is 0 Å². The van der Waals surface area contributed by atoms with Crippen molar-refractivity contribution < 1.29 is 25.8 Å². The van der Waals surface area contributed by atoms with E-state index in [2.05, 4.69) is 213 Å². The second kappa shape index (κ2) is 18.2. The molecule has 0 N–H and O–H groups in total. The van der Waals surface area contributed by atoms with Crippen LogP contribution in [0.3, 0.4) is 0 Å². The van der Waals surface area contributed by atoms with Crippen LogP contribution in [0.5, 0.6) is 11.5 Å². The monoisotopic (exact) mass is 1090 g/mol. The van der Waals surface area contributed by atoms with Crippen molar-refractivity contribution in [1.29, 1.82) is 5.26 Å². The first-order chi connectivity index (χ1) is 33.4. The van der Waals surface area contributed by atoms with Crippen LogP contribution in [0.25, 0.3) is 61.0 Å². The van der Waals surface area contributed by atoms with Crippen LogP contribution in [-0.2, 0) is 31.9 Å². The van der Waals surface area contributed by atoms with Crippen molar-refractivity contribution in [2.24, 2.45) is 0 Å². The second-order valence-electron chi connectivity index (χ2n) is 19.6. The zero-order valence-electron chi connectivity index (χ0n) is 39.9. The maximum atomic E-state index is 9.86. The van der Waals surface area contributed by atoms with Crippen molar-refractivity contribution in [1.82, 2.24) is 18.7 Å². The molecule has 2 aromatic heterocycles. The van der Waals surface area contributed by atoms with Gasteiger partial charge >= 0.3 is 32.8 Å². The molecule has 0 fully saturated rings. The molecule has 11 rings (SSSR count). The molecule has 340 valence electrons. The largest absolute Gasteiger partial charge is 2.00 e. The number of hydrogen-bond donors (Lipinski definition) is 0. The summed E-state index contributed by atoms with van der Waals surface area (Å²) in [7, 11) is 0. The van der Waals surface area contributed by atoms with E-state index in [9.17, 15) is 5.26 Å². The van der Waals surface area contributed by atoms with E-state index in [0.29, 0.717) is 17.1 Å². The quantitative estimate of drug-likeness (QED) is 0.113. The topological polar surface area (TPSA) is 56.9 Å². The molecule has 70 heavy (non-hydrogen) atoms. The van der Waals surface area contributed by atoms with E-state index < -0.39 is 0 Å². The molecule has 10 aromatic rings. The van der Waals surface area contributed by atoms with E-state index in [1.165, 1.54) is 5.56 Å². The molecule has 0 aliphatic carbocycles. The van der Waals surface area contributed by atoms with Crippen molar-refractivity contribution in [3.05, 3.63) is 217 Å². The predicted molar refractivity (Wildman–Crippen MR) is 282 cm³/mol. The van der Waals surface area contributed by atoms with E-state index in [1.54, 1.807) is 0 Å². The molecule has 1 aliphatic heterocycles. The van der Waals surface area contributed by atoms with E-state index >= 15 is 0 Å². The van der Waals surface area contributed by atoms with Gasteiger partial charge < -0.3 is 9.30 Å². The average molecular weight is 1090 g/mol. The maximum absolute atomic E-state index is 9.86. The van der Waals surface area contributed by atoms with Crippen molar-refractivity contribution in [2.45, 2.75) is 52.4 Å². The zero-order valence-corrected chi connectivity index (χ0v) is 42.1. The number of benzene rings is 8. The molecule has 8 aromatic carbocycles. The van der Waals surface area contributed by atoms with Crippen LogP contribution in [0, 0.1) is 23.5 Å². The van der Waals surface area contributed by atoms with Gasteiger partial charge in [0, 0.05) is 29.3 Å². The maximum Gasteiger partial charge on any atom is 2.00 e. The molecule has 0 radical (unpaired) electrons. The number of aromatic nitrogens is 2. The van der Waals surface area contributed by atoms with E-state index in [0.717, 1.165) is 89.3 Å². The van der Waals surface area contributed by atoms with Gasteiger partial charge in [0.25, 0.3) is 5.69 Å². The van der Waals surface area contributed by atoms with Gasteiger partial charge in [-0.1, -0.05) is 161 Å². The van der Waals surface area contributed by atoms with Gasteiger partial charge in [-0.25, -0.2) is 4.98 Å². The number of nitrogens with zero attached hydrogens (tertiary/aromatic N) is 5. The van der Waals surface area contributed by atoms with Gasteiger partial charge in [-0.2, -0.15) is 17.4 Å². The first-order valence-corrected chi connectivity index (χ1v) is 23.3. The third kappa shape index (κ3) is 8.39. The van der Waals surface area contributed by atoms with Crippen molar-refractivity contribution in [2.75, 3.05) is 0 Å². The number of nitriles is 1. The minimum atomic E-state index is -0.0840. The first kappa shape index (κ1) is 45.8. The molecule has 0 saturated heterocycles. The Morgan fingerprint density at radius 1 is 0.557 bits per heavy atom. The Bertz CT molecular complexity index is 3710. The number of para-hydroxylation sites is 2. The van der Waals surface area contributed by atoms with Crippen LogP contribution in [0.2, 0.25) is 0 Å². The van der Waals surface area contributed by atoms with Gasteiger partial charge in [-0.3, -0.25) is 0 Å². The summed E-state index contributed by atoms with van der Waals surface area (Å²) in [6, 6.07) is 76.5. The molecule has 7 heteroatoms. The molecular weight excluding hydrogens is 1040 g/mol. The van der Waals surface area contributed by atoms with E-state index in [4.69, 9.17) is 9.72 Å². The summed E-state index contributed by atoms with van der Waals surface area (Å²) in [5.41, 5.74) is 15.0. The molecule has 0 unspecified atom stereocenters. The van der Waals surface area contributed by atoms with Crippen LogP contribution in [-0.4, -0.2) is 15.6 Å². The summed E-state index contributed by atoms with van der Waals surface area (Å²) in [5, 5.41) is 11.8. The summed E-state index contributed by atoms with van der Waals surface area (Å²) in [4.78, 5) is 4.85. The van der Waals surface area contributed by atoms with Gasteiger partial charge in [-0.15, -0.1) is 23.6 Å². The van der Waals surface area contributed by atoms with Crippen molar-refractivity contribution >= 4 is 50.6 Å². The van der Waals surface area contributed by atoms with E-state index in [1.807, 2.05) is 54.7 Å². The molecule has 3 heterocycles. The molecule has 6 nitrogen and oxygen atoms in total. The summed E-state index contributed by atoms with van der Waals surface area (Å²) in [6.45, 7) is 13.4. The minimum absolute atomic E-state index is 0. The third-order valence-electron chi connectivity index (χ3n) is 13.0. The van der Waals surface area contributed by atoms with Gasteiger partial charge in [0.05, 0.1) is 28.3 Å². The Labute approximate surface area is 424 Å². The fourth-order valence-corrected chi connectivity index (χ4v) is 9.41. The zero-order chi connectivity index (χ0) is 47.4. The van der Waals surface area contributed by atoms with Gasteiger partial charge in [0.1, 0.15) is 11.5 Å². The molecule has 0 atom stereocenters. The minimum Gasteiger partial charge on any atom is -0.509 e. The Balaban J connectivity index is 0.00000567. The molecule has 0 amide bonds. The Hall–Kier alpha value is -7.93. The Morgan fingerprint density at radius 3 is 1.86 bits per heavy atom.